The number of aryl methyl sites for hydroxylation is 1. The van der Waals surface area contributed by atoms with Crippen molar-refractivity contribution in [2.45, 2.75) is 26.2 Å². The van der Waals surface area contributed by atoms with E-state index in [2.05, 4.69) is 21.2 Å². The van der Waals surface area contributed by atoms with E-state index >= 15 is 0 Å². The van der Waals surface area contributed by atoms with Gasteiger partial charge in [0.25, 0.3) is 0 Å². The van der Waals surface area contributed by atoms with Crippen molar-refractivity contribution in [2.24, 2.45) is 0 Å². The number of benzene rings is 1. The number of allylic oxidation sites excluding steroid dienone is 1. The zero-order valence-corrected chi connectivity index (χ0v) is 13.0. The smallest absolute Gasteiger partial charge is 0.220 e. The standard InChI is InChI=1S/C15H20BrNO2/c1-3-4-5-10-17-15(18)9-7-12-6-8-14(19-2)13(16)11-12/h3-4,6,8,11H,5,7,9-10H2,1-2H3,(H,17,18)/b4-3+. The molecule has 0 radical (unpaired) electrons. The molecule has 3 nitrogen and oxygen atoms in total. The number of halogens is 1. The molecule has 0 aliphatic carbocycles. The van der Waals surface area contributed by atoms with E-state index < -0.39 is 0 Å². The van der Waals surface area contributed by atoms with Crippen molar-refractivity contribution < 1.29 is 9.53 Å². The third-order valence-electron chi connectivity index (χ3n) is 2.73. The van der Waals surface area contributed by atoms with Crippen molar-refractivity contribution in [3.8, 4) is 5.75 Å². The number of amides is 1. The normalized spacial score (nSPS) is 10.7. The van der Waals surface area contributed by atoms with E-state index in [0.29, 0.717) is 13.0 Å². The summed E-state index contributed by atoms with van der Waals surface area (Å²) in [7, 11) is 1.64. The zero-order chi connectivity index (χ0) is 14.1. The van der Waals surface area contributed by atoms with Gasteiger partial charge in [-0.2, -0.15) is 0 Å². The van der Waals surface area contributed by atoms with Crippen molar-refractivity contribution in [3.63, 3.8) is 0 Å². The monoisotopic (exact) mass is 325 g/mol. The molecule has 0 spiro atoms. The predicted octanol–water partition coefficient (Wildman–Crippen LogP) is 3.47. The number of hydrogen-bond acceptors (Lipinski definition) is 2. The Kier molecular flexibility index (Phi) is 7.26. The van der Waals surface area contributed by atoms with Gasteiger partial charge in [-0.25, -0.2) is 0 Å². The van der Waals surface area contributed by atoms with E-state index in [0.717, 1.165) is 28.6 Å². The highest BCUT2D eigenvalue weighted by Crippen LogP contribution is 2.25. The maximum Gasteiger partial charge on any atom is 0.220 e. The minimum absolute atomic E-state index is 0.0939. The second-order valence-electron chi connectivity index (χ2n) is 4.18. The maximum absolute atomic E-state index is 11.6. The predicted molar refractivity (Wildman–Crippen MR) is 81.5 cm³/mol. The third kappa shape index (κ3) is 5.92. The lowest BCUT2D eigenvalue weighted by Crippen LogP contribution is -2.24. The summed E-state index contributed by atoms with van der Waals surface area (Å²) >= 11 is 3.44. The van der Waals surface area contributed by atoms with Gasteiger partial charge in [0.05, 0.1) is 11.6 Å². The maximum atomic E-state index is 11.6. The van der Waals surface area contributed by atoms with E-state index in [-0.39, 0.29) is 5.91 Å². The summed E-state index contributed by atoms with van der Waals surface area (Å²) in [6.45, 7) is 2.68. The summed E-state index contributed by atoms with van der Waals surface area (Å²) in [5.41, 5.74) is 1.12. The van der Waals surface area contributed by atoms with E-state index in [4.69, 9.17) is 4.74 Å². The summed E-state index contributed by atoms with van der Waals surface area (Å²) in [5.74, 6) is 0.899. The zero-order valence-electron chi connectivity index (χ0n) is 11.4. The Hall–Kier alpha value is -1.29. The Morgan fingerprint density at radius 1 is 1.47 bits per heavy atom. The molecule has 1 rings (SSSR count). The topological polar surface area (TPSA) is 38.3 Å². The lowest BCUT2D eigenvalue weighted by molar-refractivity contribution is -0.121. The first-order valence-corrected chi connectivity index (χ1v) is 7.17. The van der Waals surface area contributed by atoms with E-state index in [9.17, 15) is 4.79 Å². The van der Waals surface area contributed by atoms with Gasteiger partial charge in [-0.1, -0.05) is 18.2 Å². The number of nitrogens with one attached hydrogen (secondary N) is 1. The van der Waals surface area contributed by atoms with Crippen molar-refractivity contribution in [1.82, 2.24) is 5.32 Å². The summed E-state index contributed by atoms with van der Waals surface area (Å²) in [6, 6.07) is 5.88. The molecule has 0 heterocycles. The Morgan fingerprint density at radius 3 is 2.89 bits per heavy atom. The van der Waals surface area contributed by atoms with E-state index in [1.165, 1.54) is 0 Å². The third-order valence-corrected chi connectivity index (χ3v) is 3.35. The second-order valence-corrected chi connectivity index (χ2v) is 5.03. The molecule has 0 saturated heterocycles. The van der Waals surface area contributed by atoms with Gasteiger partial charge in [-0.05, 0) is 53.4 Å². The van der Waals surface area contributed by atoms with Gasteiger partial charge < -0.3 is 10.1 Å². The molecule has 0 unspecified atom stereocenters. The highest BCUT2D eigenvalue weighted by molar-refractivity contribution is 9.10. The Labute approximate surface area is 123 Å². The second kappa shape index (κ2) is 8.75. The fourth-order valence-corrected chi connectivity index (χ4v) is 2.26. The fraction of sp³-hybridized carbons (Fsp3) is 0.400. The molecule has 1 amide bonds. The molecule has 0 atom stereocenters. The van der Waals surface area contributed by atoms with Crippen LogP contribution in [0.25, 0.3) is 0 Å². The Balaban J connectivity index is 2.35. The summed E-state index contributed by atoms with van der Waals surface area (Å²) in [4.78, 5) is 11.6. The summed E-state index contributed by atoms with van der Waals surface area (Å²) < 4.78 is 6.09. The van der Waals surface area contributed by atoms with Gasteiger partial charge in [0.15, 0.2) is 0 Å². The van der Waals surface area contributed by atoms with Crippen LogP contribution in [0.3, 0.4) is 0 Å². The van der Waals surface area contributed by atoms with Crippen LogP contribution in [-0.2, 0) is 11.2 Å². The molecule has 1 aromatic rings. The number of carbonyl (C=O) groups is 1. The molecule has 0 saturated carbocycles. The molecule has 1 aromatic carbocycles. The van der Waals surface area contributed by atoms with Gasteiger partial charge >= 0.3 is 0 Å². The van der Waals surface area contributed by atoms with Crippen molar-refractivity contribution in [1.29, 1.82) is 0 Å². The molecule has 0 bridgehead atoms. The van der Waals surface area contributed by atoms with Crippen molar-refractivity contribution in [3.05, 3.63) is 40.4 Å². The first-order chi connectivity index (χ1) is 9.17. The molecule has 1 N–H and O–H groups in total. The molecule has 0 aliphatic rings. The first kappa shape index (κ1) is 15.8. The number of hydrogen-bond donors (Lipinski definition) is 1. The lowest BCUT2D eigenvalue weighted by atomic mass is 10.1. The fourth-order valence-electron chi connectivity index (χ4n) is 1.67. The van der Waals surface area contributed by atoms with Gasteiger partial charge in [0.2, 0.25) is 5.91 Å². The van der Waals surface area contributed by atoms with Gasteiger partial charge in [-0.3, -0.25) is 4.79 Å². The molecule has 4 heteroatoms. The average molecular weight is 326 g/mol. The molecular formula is C15H20BrNO2. The number of ether oxygens (including phenoxy) is 1. The van der Waals surface area contributed by atoms with Gasteiger partial charge in [-0.15, -0.1) is 0 Å². The van der Waals surface area contributed by atoms with Crippen LogP contribution >= 0.6 is 15.9 Å². The van der Waals surface area contributed by atoms with Crippen LogP contribution in [-0.4, -0.2) is 19.6 Å². The number of carbonyl (C=O) groups excluding carboxylic acids is 1. The van der Waals surface area contributed by atoms with Crippen molar-refractivity contribution in [2.75, 3.05) is 13.7 Å². The molecule has 104 valence electrons. The van der Waals surface area contributed by atoms with Gasteiger partial charge in [0.1, 0.15) is 5.75 Å². The quantitative estimate of drug-likeness (QED) is 0.615. The van der Waals surface area contributed by atoms with Crippen LogP contribution in [0.2, 0.25) is 0 Å². The van der Waals surface area contributed by atoms with Crippen LogP contribution in [0.15, 0.2) is 34.8 Å². The van der Waals surface area contributed by atoms with Crippen molar-refractivity contribution >= 4 is 21.8 Å². The molecular weight excluding hydrogens is 306 g/mol. The number of rotatable bonds is 7. The molecule has 0 aromatic heterocycles. The van der Waals surface area contributed by atoms with Crippen LogP contribution in [0, 0.1) is 0 Å². The summed E-state index contributed by atoms with van der Waals surface area (Å²) in [6.07, 6.45) is 6.16. The molecule has 0 fully saturated rings. The molecule has 0 aliphatic heterocycles. The largest absolute Gasteiger partial charge is 0.496 e. The van der Waals surface area contributed by atoms with Crippen LogP contribution < -0.4 is 10.1 Å². The van der Waals surface area contributed by atoms with E-state index in [1.807, 2.05) is 37.3 Å². The van der Waals surface area contributed by atoms with Crippen LogP contribution in [0.4, 0.5) is 0 Å². The average Bonchev–Trinajstić information content (AvgIpc) is 2.41. The SMILES string of the molecule is C/C=C/CCNC(=O)CCc1ccc(OC)c(Br)c1. The van der Waals surface area contributed by atoms with Crippen LogP contribution in [0.1, 0.15) is 25.3 Å². The van der Waals surface area contributed by atoms with E-state index in [1.54, 1.807) is 7.11 Å². The number of methoxy groups -OCH3 is 1. The summed E-state index contributed by atoms with van der Waals surface area (Å²) in [5, 5.41) is 2.90. The van der Waals surface area contributed by atoms with Crippen LogP contribution in [0.5, 0.6) is 5.75 Å². The first-order valence-electron chi connectivity index (χ1n) is 6.37. The minimum Gasteiger partial charge on any atom is -0.496 e. The Bertz CT molecular complexity index is 444. The minimum atomic E-state index is 0.0939. The van der Waals surface area contributed by atoms with Gasteiger partial charge in [0, 0.05) is 13.0 Å². The highest BCUT2D eigenvalue weighted by Gasteiger charge is 2.04. The highest BCUT2D eigenvalue weighted by atomic mass is 79.9. The molecule has 19 heavy (non-hydrogen) atoms. The Morgan fingerprint density at radius 2 is 2.26 bits per heavy atom. The lowest BCUT2D eigenvalue weighted by Gasteiger charge is -2.07.